The van der Waals surface area contributed by atoms with E-state index in [1.54, 1.807) is 24.0 Å². The highest BCUT2D eigenvalue weighted by Crippen LogP contribution is 2.17. The fourth-order valence-electron chi connectivity index (χ4n) is 3.01. The molecular weight excluding hydrogens is 399 g/mol. The molecule has 0 aromatic heterocycles. The summed E-state index contributed by atoms with van der Waals surface area (Å²) in [6, 6.07) is 13.6. The lowest BCUT2D eigenvalue weighted by Crippen LogP contribution is -2.48. The summed E-state index contributed by atoms with van der Waals surface area (Å²) in [5, 5.41) is 2.93. The van der Waals surface area contributed by atoms with Crippen LogP contribution in [0.15, 0.2) is 48.5 Å². The van der Waals surface area contributed by atoms with Crippen LogP contribution in [0.3, 0.4) is 0 Å². The van der Waals surface area contributed by atoms with Crippen molar-refractivity contribution in [1.29, 1.82) is 0 Å². The number of aryl methyl sites for hydroxylation is 1. The number of nitrogens with one attached hydrogen (secondary N) is 1. The summed E-state index contributed by atoms with van der Waals surface area (Å²) in [5.41, 5.74) is 3.08. The molecule has 6 heteroatoms. The average molecular weight is 431 g/mol. The molecule has 162 valence electrons. The Morgan fingerprint density at radius 2 is 1.83 bits per heavy atom. The van der Waals surface area contributed by atoms with E-state index in [4.69, 9.17) is 0 Å². The molecule has 2 aromatic carbocycles. The topological polar surface area (TPSA) is 49.4 Å². The van der Waals surface area contributed by atoms with Crippen molar-refractivity contribution < 1.29 is 14.0 Å². The van der Waals surface area contributed by atoms with Gasteiger partial charge in [-0.3, -0.25) is 9.59 Å². The van der Waals surface area contributed by atoms with Gasteiger partial charge in [-0.1, -0.05) is 49.7 Å². The van der Waals surface area contributed by atoms with Crippen LogP contribution in [0.25, 0.3) is 0 Å². The molecule has 0 aliphatic carbocycles. The number of carbonyl (C=O) groups excluding carboxylic acids is 2. The van der Waals surface area contributed by atoms with Gasteiger partial charge in [-0.25, -0.2) is 4.39 Å². The lowest BCUT2D eigenvalue weighted by molar-refractivity contribution is -0.138. The second-order valence-corrected chi connectivity index (χ2v) is 8.37. The van der Waals surface area contributed by atoms with E-state index in [1.165, 1.54) is 23.9 Å². The van der Waals surface area contributed by atoms with Gasteiger partial charge in [0.05, 0.1) is 5.75 Å². The number of amides is 2. The van der Waals surface area contributed by atoms with E-state index >= 15 is 0 Å². The van der Waals surface area contributed by atoms with Gasteiger partial charge < -0.3 is 10.2 Å². The molecule has 1 atom stereocenters. The highest BCUT2D eigenvalue weighted by atomic mass is 32.2. The van der Waals surface area contributed by atoms with E-state index in [0.717, 1.165) is 29.5 Å². The van der Waals surface area contributed by atoms with E-state index in [-0.39, 0.29) is 23.4 Å². The zero-order valence-electron chi connectivity index (χ0n) is 18.0. The third kappa shape index (κ3) is 7.48. The fourth-order valence-corrected chi connectivity index (χ4v) is 3.88. The van der Waals surface area contributed by atoms with Crippen LogP contribution in [-0.4, -0.2) is 35.1 Å². The van der Waals surface area contributed by atoms with Crippen molar-refractivity contribution in [2.45, 2.75) is 52.0 Å². The Bertz CT molecular complexity index is 826. The molecule has 1 unspecified atom stereocenters. The van der Waals surface area contributed by atoms with Crippen molar-refractivity contribution in [2.75, 3.05) is 12.3 Å². The number of hydrogen-bond donors (Lipinski definition) is 1. The number of rotatable bonds is 11. The summed E-state index contributed by atoms with van der Waals surface area (Å²) in [5.74, 6) is 0.390. The van der Waals surface area contributed by atoms with Crippen LogP contribution in [0.2, 0.25) is 0 Å². The average Bonchev–Trinajstić information content (AvgIpc) is 2.74. The Morgan fingerprint density at radius 3 is 2.50 bits per heavy atom. The molecule has 30 heavy (non-hydrogen) atoms. The monoisotopic (exact) mass is 430 g/mol. The molecule has 0 bridgehead atoms. The standard InChI is InChI=1S/C24H31FN2O2S/c1-4-5-14-26-24(29)19(3)27(15-21-9-7-6-8-18(21)2)23(28)17-30-16-20-10-12-22(25)13-11-20/h6-13,19H,4-5,14-17H2,1-3H3,(H,26,29). The van der Waals surface area contributed by atoms with Crippen LogP contribution in [0.4, 0.5) is 4.39 Å². The molecule has 2 aromatic rings. The zero-order chi connectivity index (χ0) is 21.9. The molecule has 0 aliphatic rings. The molecule has 2 amide bonds. The van der Waals surface area contributed by atoms with Crippen molar-refractivity contribution in [3.8, 4) is 0 Å². The molecule has 1 N–H and O–H groups in total. The second kappa shape index (κ2) is 12.4. The maximum absolute atomic E-state index is 13.1. The van der Waals surface area contributed by atoms with Gasteiger partial charge in [0.25, 0.3) is 0 Å². The van der Waals surface area contributed by atoms with Gasteiger partial charge in [0.15, 0.2) is 0 Å². The summed E-state index contributed by atoms with van der Waals surface area (Å²) in [4.78, 5) is 27.3. The highest BCUT2D eigenvalue weighted by molar-refractivity contribution is 7.99. The van der Waals surface area contributed by atoms with Crippen molar-refractivity contribution in [2.24, 2.45) is 0 Å². The molecule has 4 nitrogen and oxygen atoms in total. The minimum atomic E-state index is -0.555. The van der Waals surface area contributed by atoms with Gasteiger partial charge in [-0.15, -0.1) is 11.8 Å². The predicted octanol–water partition coefficient (Wildman–Crippen LogP) is 4.70. The maximum atomic E-state index is 13.1. The summed E-state index contributed by atoms with van der Waals surface area (Å²) in [7, 11) is 0. The number of carbonyl (C=O) groups is 2. The minimum absolute atomic E-state index is 0.0801. The van der Waals surface area contributed by atoms with Crippen LogP contribution in [-0.2, 0) is 21.9 Å². The highest BCUT2D eigenvalue weighted by Gasteiger charge is 2.26. The summed E-state index contributed by atoms with van der Waals surface area (Å²) < 4.78 is 13.1. The Morgan fingerprint density at radius 1 is 1.13 bits per heavy atom. The molecule has 0 saturated heterocycles. The third-order valence-corrected chi connectivity index (χ3v) is 5.99. The van der Waals surface area contributed by atoms with Crippen LogP contribution >= 0.6 is 11.8 Å². The first-order chi connectivity index (χ1) is 14.4. The van der Waals surface area contributed by atoms with Gasteiger partial charge in [0.1, 0.15) is 11.9 Å². The Kier molecular flexibility index (Phi) is 9.87. The van der Waals surface area contributed by atoms with E-state index < -0.39 is 6.04 Å². The smallest absolute Gasteiger partial charge is 0.242 e. The van der Waals surface area contributed by atoms with Crippen LogP contribution in [0.1, 0.15) is 43.4 Å². The van der Waals surface area contributed by atoms with Gasteiger partial charge in [0, 0.05) is 18.8 Å². The first-order valence-corrected chi connectivity index (χ1v) is 11.5. The lowest BCUT2D eigenvalue weighted by atomic mass is 10.1. The number of hydrogen-bond acceptors (Lipinski definition) is 3. The molecule has 0 fully saturated rings. The molecule has 0 spiro atoms. The van der Waals surface area contributed by atoms with E-state index in [1.807, 2.05) is 31.2 Å². The largest absolute Gasteiger partial charge is 0.354 e. The number of benzene rings is 2. The number of nitrogens with zero attached hydrogens (tertiary/aromatic N) is 1. The normalized spacial score (nSPS) is 11.7. The van der Waals surface area contributed by atoms with Gasteiger partial charge in [0.2, 0.25) is 11.8 Å². The third-order valence-electron chi connectivity index (χ3n) is 5.01. The van der Waals surface area contributed by atoms with Crippen LogP contribution < -0.4 is 5.32 Å². The summed E-state index contributed by atoms with van der Waals surface area (Å²) in [6.45, 7) is 6.87. The summed E-state index contributed by atoms with van der Waals surface area (Å²) >= 11 is 1.47. The molecule has 2 rings (SSSR count). The van der Waals surface area contributed by atoms with Gasteiger partial charge in [-0.05, 0) is 49.1 Å². The summed E-state index contributed by atoms with van der Waals surface area (Å²) in [6.07, 6.45) is 1.91. The molecule has 0 saturated carbocycles. The zero-order valence-corrected chi connectivity index (χ0v) is 18.8. The van der Waals surface area contributed by atoms with Crippen LogP contribution in [0.5, 0.6) is 0 Å². The van der Waals surface area contributed by atoms with Gasteiger partial charge in [-0.2, -0.15) is 0 Å². The molecule has 0 aliphatic heterocycles. The van der Waals surface area contributed by atoms with Crippen molar-refractivity contribution in [1.82, 2.24) is 10.2 Å². The van der Waals surface area contributed by atoms with Crippen molar-refractivity contribution >= 4 is 23.6 Å². The second-order valence-electron chi connectivity index (χ2n) is 7.39. The van der Waals surface area contributed by atoms with E-state index in [9.17, 15) is 14.0 Å². The number of halogens is 1. The van der Waals surface area contributed by atoms with Crippen LogP contribution in [0, 0.1) is 12.7 Å². The number of unbranched alkanes of at least 4 members (excludes halogenated alkanes) is 1. The Labute approximate surface area is 183 Å². The minimum Gasteiger partial charge on any atom is -0.354 e. The van der Waals surface area contributed by atoms with E-state index in [2.05, 4.69) is 12.2 Å². The number of thioether (sulfide) groups is 1. The maximum Gasteiger partial charge on any atom is 0.242 e. The molecule has 0 radical (unpaired) electrons. The van der Waals surface area contributed by atoms with Crippen molar-refractivity contribution in [3.63, 3.8) is 0 Å². The fraction of sp³-hybridized carbons (Fsp3) is 0.417. The van der Waals surface area contributed by atoms with Crippen molar-refractivity contribution in [3.05, 3.63) is 71.0 Å². The molecular formula is C24H31FN2O2S. The Hall–Kier alpha value is -2.34. The predicted molar refractivity (Wildman–Crippen MR) is 122 cm³/mol. The first kappa shape index (κ1) is 23.9. The Balaban J connectivity index is 2.04. The quantitative estimate of drug-likeness (QED) is 0.526. The SMILES string of the molecule is CCCCNC(=O)C(C)N(Cc1ccccc1C)C(=O)CSCc1ccc(F)cc1. The van der Waals surface area contributed by atoms with E-state index in [0.29, 0.717) is 18.8 Å². The molecule has 0 heterocycles. The lowest BCUT2D eigenvalue weighted by Gasteiger charge is -2.29. The van der Waals surface area contributed by atoms with Gasteiger partial charge >= 0.3 is 0 Å². The first-order valence-electron chi connectivity index (χ1n) is 10.4.